The van der Waals surface area contributed by atoms with Crippen LogP contribution in [0.25, 0.3) is 10.8 Å². The number of fused-ring (bicyclic) bond motifs is 2. The number of urea groups is 1. The van der Waals surface area contributed by atoms with Gasteiger partial charge in [0.15, 0.2) is 0 Å². The molecule has 2 aliphatic heterocycles. The van der Waals surface area contributed by atoms with E-state index < -0.39 is 17.5 Å². The van der Waals surface area contributed by atoms with Gasteiger partial charge < -0.3 is 15.1 Å². The number of carbonyl (C=O) groups is 3. The van der Waals surface area contributed by atoms with E-state index in [0.29, 0.717) is 13.0 Å². The first-order valence-electron chi connectivity index (χ1n) is 11.9. The van der Waals surface area contributed by atoms with Crippen molar-refractivity contribution in [3.63, 3.8) is 0 Å². The Hall–Kier alpha value is -3.13. The van der Waals surface area contributed by atoms with Gasteiger partial charge in [-0.05, 0) is 50.1 Å². The maximum Gasteiger partial charge on any atom is 0.321 e. The number of hydrogen-bond donors (Lipinski definition) is 2. The summed E-state index contributed by atoms with van der Waals surface area (Å²) in [5, 5.41) is 7.43. The zero-order valence-corrected chi connectivity index (χ0v) is 20.7. The van der Waals surface area contributed by atoms with Crippen LogP contribution in [0.3, 0.4) is 0 Å². The molecule has 2 aromatic rings. The average Bonchev–Trinajstić information content (AvgIpc) is 3.32. The number of carbonyl (C=O) groups excluding carboxylic acids is 3. The molecule has 8 nitrogen and oxygen atoms in total. The van der Waals surface area contributed by atoms with Gasteiger partial charge in [0.1, 0.15) is 6.17 Å². The van der Waals surface area contributed by atoms with Crippen molar-refractivity contribution < 1.29 is 14.4 Å². The molecule has 8 heteroatoms. The molecule has 2 unspecified atom stereocenters. The van der Waals surface area contributed by atoms with Gasteiger partial charge in [-0.2, -0.15) is 0 Å². The van der Waals surface area contributed by atoms with Crippen LogP contribution < -0.4 is 15.5 Å². The van der Waals surface area contributed by atoms with Gasteiger partial charge in [-0.25, -0.2) is 4.79 Å². The van der Waals surface area contributed by atoms with E-state index in [1.54, 1.807) is 0 Å². The predicted molar refractivity (Wildman–Crippen MR) is 134 cm³/mol. The van der Waals surface area contributed by atoms with Gasteiger partial charge in [-0.1, -0.05) is 30.3 Å². The molecule has 182 valence electrons. The van der Waals surface area contributed by atoms with Crippen LogP contribution in [-0.4, -0.2) is 66.4 Å². The number of rotatable bonds is 6. The van der Waals surface area contributed by atoms with Crippen LogP contribution in [0.4, 0.5) is 10.5 Å². The van der Waals surface area contributed by atoms with E-state index in [4.69, 9.17) is 0 Å². The molecule has 2 saturated heterocycles. The Kier molecular flexibility index (Phi) is 6.53. The molecule has 0 spiro atoms. The van der Waals surface area contributed by atoms with Crippen LogP contribution >= 0.6 is 0 Å². The maximum absolute atomic E-state index is 13.5. The lowest BCUT2D eigenvalue weighted by atomic mass is 9.98. The third kappa shape index (κ3) is 4.59. The minimum Gasteiger partial charge on any atom is -0.377 e. The second kappa shape index (κ2) is 9.25. The van der Waals surface area contributed by atoms with E-state index in [-0.39, 0.29) is 18.1 Å². The van der Waals surface area contributed by atoms with E-state index in [9.17, 15) is 14.4 Å². The van der Waals surface area contributed by atoms with Crippen molar-refractivity contribution in [1.29, 1.82) is 0 Å². The Balaban J connectivity index is 1.65. The standard InChI is InChI=1S/C26H35N5O3/c1-17(32)27-25(34)28-26(2,3)14-16-31-23(30-15-8-11-22(30)24(31)33)20-12-13-21(29(4)5)19-10-7-6-9-18(19)20/h6-7,9-10,12-13,22-23H,8,11,14-16H2,1-5H3,(H2,27,28,32,34). The van der Waals surface area contributed by atoms with Crippen LogP contribution in [0.15, 0.2) is 36.4 Å². The molecule has 2 fully saturated rings. The van der Waals surface area contributed by atoms with E-state index in [1.165, 1.54) is 12.3 Å². The lowest BCUT2D eigenvalue weighted by Crippen LogP contribution is -2.51. The molecule has 0 aliphatic carbocycles. The first-order valence-corrected chi connectivity index (χ1v) is 11.9. The van der Waals surface area contributed by atoms with Crippen molar-refractivity contribution in [2.24, 2.45) is 0 Å². The van der Waals surface area contributed by atoms with Gasteiger partial charge in [0.25, 0.3) is 0 Å². The highest BCUT2D eigenvalue weighted by atomic mass is 16.2. The molecule has 2 heterocycles. The predicted octanol–water partition coefficient (Wildman–Crippen LogP) is 3.23. The van der Waals surface area contributed by atoms with Crippen LogP contribution in [0.1, 0.15) is 51.8 Å². The number of imide groups is 1. The zero-order chi connectivity index (χ0) is 24.6. The van der Waals surface area contributed by atoms with E-state index in [0.717, 1.165) is 36.0 Å². The van der Waals surface area contributed by atoms with Gasteiger partial charge in [0.05, 0.1) is 6.04 Å². The lowest BCUT2D eigenvalue weighted by molar-refractivity contribution is -0.130. The highest BCUT2D eigenvalue weighted by Crippen LogP contribution is 2.43. The number of nitrogens with one attached hydrogen (secondary N) is 2. The molecule has 2 N–H and O–H groups in total. The molecule has 2 atom stereocenters. The molecule has 0 bridgehead atoms. The highest BCUT2D eigenvalue weighted by molar-refractivity contribution is 5.97. The minimum absolute atomic E-state index is 0.0885. The van der Waals surface area contributed by atoms with E-state index in [1.807, 2.05) is 32.8 Å². The van der Waals surface area contributed by atoms with Crippen molar-refractivity contribution in [2.45, 2.75) is 57.8 Å². The quantitative estimate of drug-likeness (QED) is 0.684. The zero-order valence-electron chi connectivity index (χ0n) is 20.7. The highest BCUT2D eigenvalue weighted by Gasteiger charge is 2.49. The summed E-state index contributed by atoms with van der Waals surface area (Å²) in [6, 6.07) is 12.1. The van der Waals surface area contributed by atoms with E-state index in [2.05, 4.69) is 56.8 Å². The fourth-order valence-electron chi connectivity index (χ4n) is 5.30. The number of nitrogens with zero attached hydrogens (tertiary/aromatic N) is 3. The van der Waals surface area contributed by atoms with Gasteiger partial charge in [-0.15, -0.1) is 0 Å². The smallest absolute Gasteiger partial charge is 0.321 e. The Morgan fingerprint density at radius 3 is 2.50 bits per heavy atom. The van der Waals surface area contributed by atoms with Crippen LogP contribution in [0, 0.1) is 0 Å². The largest absolute Gasteiger partial charge is 0.377 e. The summed E-state index contributed by atoms with van der Waals surface area (Å²) in [7, 11) is 4.08. The number of hydrogen-bond acceptors (Lipinski definition) is 5. The molecule has 0 aromatic heterocycles. The van der Waals surface area contributed by atoms with Crippen molar-refractivity contribution in [3.05, 3.63) is 42.0 Å². The molecule has 0 radical (unpaired) electrons. The van der Waals surface area contributed by atoms with Crippen molar-refractivity contribution in [1.82, 2.24) is 20.4 Å². The summed E-state index contributed by atoms with van der Waals surface area (Å²) in [4.78, 5) is 43.2. The van der Waals surface area contributed by atoms with Gasteiger partial charge in [0, 0.05) is 50.7 Å². The molecular weight excluding hydrogens is 430 g/mol. The Morgan fingerprint density at radius 1 is 1.12 bits per heavy atom. The third-order valence-electron chi connectivity index (χ3n) is 6.89. The van der Waals surface area contributed by atoms with Crippen LogP contribution in [0.5, 0.6) is 0 Å². The van der Waals surface area contributed by atoms with Gasteiger partial charge in [-0.3, -0.25) is 19.8 Å². The number of benzene rings is 2. The fourth-order valence-corrected chi connectivity index (χ4v) is 5.30. The summed E-state index contributed by atoms with van der Waals surface area (Å²) in [6.45, 7) is 6.52. The SMILES string of the molecule is CC(=O)NC(=O)NC(C)(C)CCN1C(=O)C2CCCN2C1c1ccc(N(C)C)c2ccccc12. The van der Waals surface area contributed by atoms with Crippen LogP contribution in [0.2, 0.25) is 0 Å². The first-order chi connectivity index (χ1) is 16.1. The van der Waals surface area contributed by atoms with Crippen molar-refractivity contribution in [2.75, 3.05) is 32.1 Å². The molecule has 34 heavy (non-hydrogen) atoms. The van der Waals surface area contributed by atoms with Crippen molar-refractivity contribution >= 4 is 34.3 Å². The molecular formula is C26H35N5O3. The maximum atomic E-state index is 13.5. The summed E-state index contributed by atoms with van der Waals surface area (Å²) >= 11 is 0. The average molecular weight is 466 g/mol. The second-order valence-corrected chi connectivity index (χ2v) is 10.2. The van der Waals surface area contributed by atoms with Gasteiger partial charge >= 0.3 is 6.03 Å². The molecule has 2 aromatic carbocycles. The fraction of sp³-hybridized carbons (Fsp3) is 0.500. The summed E-state index contributed by atoms with van der Waals surface area (Å²) in [6.07, 6.45) is 2.33. The normalized spacial score (nSPS) is 20.5. The minimum atomic E-state index is -0.589. The Morgan fingerprint density at radius 2 is 1.82 bits per heavy atom. The van der Waals surface area contributed by atoms with Crippen molar-refractivity contribution in [3.8, 4) is 0 Å². The van der Waals surface area contributed by atoms with Crippen LogP contribution in [-0.2, 0) is 9.59 Å². The Bertz CT molecular complexity index is 1110. The second-order valence-electron chi connectivity index (χ2n) is 10.2. The topological polar surface area (TPSA) is 85.0 Å². The molecule has 4 amide bonds. The molecule has 2 aliphatic rings. The monoisotopic (exact) mass is 465 g/mol. The lowest BCUT2D eigenvalue weighted by Gasteiger charge is -2.34. The van der Waals surface area contributed by atoms with E-state index >= 15 is 0 Å². The van der Waals surface area contributed by atoms with Gasteiger partial charge in [0.2, 0.25) is 11.8 Å². The number of anilines is 1. The summed E-state index contributed by atoms with van der Waals surface area (Å²) in [5.74, 6) is -0.246. The third-order valence-corrected chi connectivity index (χ3v) is 6.89. The molecule has 4 rings (SSSR count). The Labute approximate surface area is 201 Å². The first kappa shape index (κ1) is 24.0. The number of amides is 4. The summed E-state index contributed by atoms with van der Waals surface area (Å²) < 4.78 is 0. The summed E-state index contributed by atoms with van der Waals surface area (Å²) in [5.41, 5.74) is 1.70. The molecule has 0 saturated carbocycles.